The molecule has 0 aliphatic carbocycles. The van der Waals surface area contributed by atoms with Gasteiger partial charge in [0.05, 0.1) is 6.17 Å². The zero-order valence-electron chi connectivity index (χ0n) is 10.5. The number of hydrogen-bond donors (Lipinski definition) is 4. The van der Waals surface area contributed by atoms with Crippen LogP contribution in [0.25, 0.3) is 0 Å². The highest BCUT2D eigenvalue weighted by Gasteiger charge is 2.46. The van der Waals surface area contributed by atoms with Crippen molar-refractivity contribution in [2.45, 2.75) is 18.1 Å². The third-order valence-corrected chi connectivity index (χ3v) is 3.32. The number of carbonyl (C=O) groups excluding carboxylic acids is 1. The summed E-state index contributed by atoms with van der Waals surface area (Å²) < 4.78 is 41.0. The number of primary amides is 1. The summed E-state index contributed by atoms with van der Waals surface area (Å²) in [6, 6.07) is 3.13. The molecule has 0 aromatic heterocycles. The number of benzene rings is 1. The standard InChI is InChI=1S/C12H15F3N4O/c13-8-2-1-6(10(17)20)3-7(8)12(11(14)15)5-18-4-9(16)19-12/h1-3,9,11,18-19H,4-5,16H2,(H2,17,20)/t9-,12?/m1/s1. The summed E-state index contributed by atoms with van der Waals surface area (Å²) in [6.45, 7) is 0.0725. The first-order chi connectivity index (χ1) is 9.36. The first-order valence-electron chi connectivity index (χ1n) is 5.99. The van der Waals surface area contributed by atoms with Gasteiger partial charge < -0.3 is 16.8 Å². The Balaban J connectivity index is 2.54. The van der Waals surface area contributed by atoms with E-state index in [-0.39, 0.29) is 24.2 Å². The topological polar surface area (TPSA) is 93.2 Å². The second-order valence-electron chi connectivity index (χ2n) is 4.71. The minimum absolute atomic E-state index is 0.0395. The van der Waals surface area contributed by atoms with Crippen molar-refractivity contribution in [1.82, 2.24) is 10.6 Å². The molecule has 110 valence electrons. The smallest absolute Gasteiger partial charge is 0.262 e. The van der Waals surface area contributed by atoms with Crippen LogP contribution in [0.5, 0.6) is 0 Å². The molecule has 2 atom stereocenters. The van der Waals surface area contributed by atoms with Gasteiger partial charge in [0.2, 0.25) is 5.91 Å². The molecular formula is C12H15F3N4O. The van der Waals surface area contributed by atoms with Gasteiger partial charge in [-0.05, 0) is 18.2 Å². The number of nitrogens with two attached hydrogens (primary N) is 2. The number of amides is 1. The van der Waals surface area contributed by atoms with Gasteiger partial charge in [-0.15, -0.1) is 0 Å². The molecule has 5 nitrogen and oxygen atoms in total. The van der Waals surface area contributed by atoms with Crippen molar-refractivity contribution >= 4 is 5.91 Å². The Morgan fingerprint density at radius 3 is 2.70 bits per heavy atom. The van der Waals surface area contributed by atoms with Gasteiger partial charge in [0.15, 0.2) is 0 Å². The number of hydrogen-bond acceptors (Lipinski definition) is 4. The lowest BCUT2D eigenvalue weighted by molar-refractivity contribution is 0.00580. The van der Waals surface area contributed by atoms with Crippen molar-refractivity contribution in [3.8, 4) is 0 Å². The first-order valence-corrected chi connectivity index (χ1v) is 5.99. The Morgan fingerprint density at radius 2 is 2.15 bits per heavy atom. The summed E-state index contributed by atoms with van der Waals surface area (Å²) in [4.78, 5) is 11.1. The zero-order valence-corrected chi connectivity index (χ0v) is 10.5. The van der Waals surface area contributed by atoms with E-state index in [0.717, 1.165) is 18.2 Å². The van der Waals surface area contributed by atoms with Crippen LogP contribution in [-0.2, 0) is 5.54 Å². The second kappa shape index (κ2) is 5.39. The highest BCUT2D eigenvalue weighted by molar-refractivity contribution is 5.93. The van der Waals surface area contributed by atoms with Crippen LogP contribution in [0.3, 0.4) is 0 Å². The van der Waals surface area contributed by atoms with Crippen LogP contribution in [0.2, 0.25) is 0 Å². The Morgan fingerprint density at radius 1 is 1.45 bits per heavy atom. The van der Waals surface area contributed by atoms with Gasteiger partial charge in [0.1, 0.15) is 11.4 Å². The van der Waals surface area contributed by atoms with Gasteiger partial charge in [-0.3, -0.25) is 10.1 Å². The highest BCUT2D eigenvalue weighted by Crippen LogP contribution is 2.32. The first kappa shape index (κ1) is 14.8. The van der Waals surface area contributed by atoms with Crippen LogP contribution < -0.4 is 22.1 Å². The molecule has 1 amide bonds. The van der Waals surface area contributed by atoms with Crippen molar-refractivity contribution in [1.29, 1.82) is 0 Å². The Labute approximate surface area is 113 Å². The monoisotopic (exact) mass is 288 g/mol. The molecule has 1 aliphatic rings. The van der Waals surface area contributed by atoms with E-state index in [4.69, 9.17) is 11.5 Å². The summed E-state index contributed by atoms with van der Waals surface area (Å²) >= 11 is 0. The normalized spacial score (nSPS) is 26.8. The molecular weight excluding hydrogens is 273 g/mol. The minimum Gasteiger partial charge on any atom is -0.366 e. The summed E-state index contributed by atoms with van der Waals surface area (Å²) in [5, 5.41) is 5.26. The van der Waals surface area contributed by atoms with Gasteiger partial charge in [-0.1, -0.05) is 0 Å². The Kier molecular flexibility index (Phi) is 3.98. The molecule has 0 spiro atoms. The fourth-order valence-corrected chi connectivity index (χ4v) is 2.31. The maximum Gasteiger partial charge on any atom is 0.262 e. The van der Waals surface area contributed by atoms with Crippen molar-refractivity contribution in [2.75, 3.05) is 13.1 Å². The minimum atomic E-state index is -2.92. The summed E-state index contributed by atoms with van der Waals surface area (Å²) in [7, 11) is 0. The molecule has 1 aromatic rings. The van der Waals surface area contributed by atoms with Crippen molar-refractivity contribution in [3.05, 3.63) is 35.1 Å². The second-order valence-corrected chi connectivity index (χ2v) is 4.71. The molecule has 1 aromatic carbocycles. The molecule has 0 bridgehead atoms. The van der Waals surface area contributed by atoms with Crippen LogP contribution in [-0.4, -0.2) is 31.6 Å². The quantitative estimate of drug-likeness (QED) is 0.623. The van der Waals surface area contributed by atoms with E-state index in [1.807, 2.05) is 0 Å². The van der Waals surface area contributed by atoms with E-state index in [9.17, 15) is 18.0 Å². The molecule has 20 heavy (non-hydrogen) atoms. The third kappa shape index (κ3) is 2.49. The molecule has 1 heterocycles. The maximum atomic E-state index is 14.0. The number of piperazine rings is 1. The fourth-order valence-electron chi connectivity index (χ4n) is 2.31. The van der Waals surface area contributed by atoms with E-state index >= 15 is 0 Å². The zero-order chi connectivity index (χ0) is 14.9. The number of alkyl halides is 2. The van der Waals surface area contributed by atoms with E-state index in [0.29, 0.717) is 0 Å². The molecule has 8 heteroatoms. The summed E-state index contributed by atoms with van der Waals surface area (Å²) in [6.07, 6.45) is -3.67. The van der Waals surface area contributed by atoms with Gasteiger partial charge in [-0.25, -0.2) is 13.2 Å². The average Bonchev–Trinajstić information content (AvgIpc) is 2.38. The predicted octanol–water partition coefficient (Wildman–Crippen LogP) is -0.137. The summed E-state index contributed by atoms with van der Waals surface area (Å²) in [5.41, 5.74) is 8.35. The molecule has 0 saturated carbocycles. The van der Waals surface area contributed by atoms with Gasteiger partial charge in [-0.2, -0.15) is 0 Å². The Bertz CT molecular complexity index is 525. The van der Waals surface area contributed by atoms with E-state index in [1.165, 1.54) is 0 Å². The molecule has 2 rings (SSSR count). The van der Waals surface area contributed by atoms with Gasteiger partial charge in [0, 0.05) is 24.2 Å². The van der Waals surface area contributed by atoms with E-state index < -0.39 is 29.9 Å². The van der Waals surface area contributed by atoms with Gasteiger partial charge >= 0.3 is 0 Å². The van der Waals surface area contributed by atoms with Crippen molar-refractivity contribution in [3.63, 3.8) is 0 Å². The molecule has 1 unspecified atom stereocenters. The maximum absolute atomic E-state index is 14.0. The fraction of sp³-hybridized carbons (Fsp3) is 0.417. The van der Waals surface area contributed by atoms with Crippen LogP contribution in [0.4, 0.5) is 13.2 Å². The van der Waals surface area contributed by atoms with E-state index in [1.54, 1.807) is 0 Å². The highest BCUT2D eigenvalue weighted by atomic mass is 19.3. The number of halogens is 3. The Hall–Kier alpha value is -1.64. The molecule has 1 aliphatic heterocycles. The molecule has 1 saturated heterocycles. The number of nitrogens with one attached hydrogen (secondary N) is 2. The van der Waals surface area contributed by atoms with Crippen molar-refractivity contribution in [2.24, 2.45) is 11.5 Å². The number of carbonyl (C=O) groups is 1. The third-order valence-electron chi connectivity index (χ3n) is 3.32. The lowest BCUT2D eigenvalue weighted by atomic mass is 9.86. The largest absolute Gasteiger partial charge is 0.366 e. The van der Waals surface area contributed by atoms with Crippen LogP contribution >= 0.6 is 0 Å². The van der Waals surface area contributed by atoms with Gasteiger partial charge in [0.25, 0.3) is 6.43 Å². The summed E-state index contributed by atoms with van der Waals surface area (Å²) in [5.74, 6) is -1.66. The molecule has 6 N–H and O–H groups in total. The lowest BCUT2D eigenvalue weighted by Gasteiger charge is -2.41. The van der Waals surface area contributed by atoms with Crippen LogP contribution in [0, 0.1) is 5.82 Å². The van der Waals surface area contributed by atoms with E-state index in [2.05, 4.69) is 10.6 Å². The molecule has 1 fully saturated rings. The predicted molar refractivity (Wildman–Crippen MR) is 66.6 cm³/mol. The van der Waals surface area contributed by atoms with Crippen molar-refractivity contribution < 1.29 is 18.0 Å². The lowest BCUT2D eigenvalue weighted by Crippen LogP contribution is -2.67. The van der Waals surface area contributed by atoms with Crippen LogP contribution in [0.15, 0.2) is 18.2 Å². The van der Waals surface area contributed by atoms with Crippen LogP contribution in [0.1, 0.15) is 15.9 Å². The molecule has 0 radical (unpaired) electrons. The number of rotatable bonds is 3. The SMILES string of the molecule is NC(=O)c1ccc(F)c(C2(C(F)F)CNC[C@H](N)N2)c1. The average molecular weight is 288 g/mol.